The highest BCUT2D eigenvalue weighted by Gasteiger charge is 2.27. The lowest BCUT2D eigenvalue weighted by molar-refractivity contribution is -0.122. The summed E-state index contributed by atoms with van der Waals surface area (Å²) in [4.78, 5) is 24.1. The number of benzene rings is 2. The molecule has 7 heteroatoms. The molecule has 2 amide bonds. The minimum Gasteiger partial charge on any atom is -0.493 e. The van der Waals surface area contributed by atoms with Gasteiger partial charge in [0.2, 0.25) is 11.8 Å². The molecule has 0 bridgehead atoms. The number of primary amides is 1. The van der Waals surface area contributed by atoms with Gasteiger partial charge in [0.1, 0.15) is 11.8 Å². The summed E-state index contributed by atoms with van der Waals surface area (Å²) in [7, 11) is 0. The summed E-state index contributed by atoms with van der Waals surface area (Å²) in [6.45, 7) is 5.60. The average molecular weight is 423 g/mol. The van der Waals surface area contributed by atoms with Crippen molar-refractivity contribution in [2.45, 2.75) is 39.2 Å². The molecule has 7 nitrogen and oxygen atoms in total. The highest BCUT2D eigenvalue weighted by atomic mass is 16.5. The van der Waals surface area contributed by atoms with Crippen molar-refractivity contribution in [2.75, 3.05) is 18.5 Å². The van der Waals surface area contributed by atoms with Crippen molar-refractivity contribution in [3.8, 4) is 5.75 Å². The summed E-state index contributed by atoms with van der Waals surface area (Å²) < 4.78 is 5.78. The fourth-order valence-electron chi connectivity index (χ4n) is 3.35. The molecule has 3 N–H and O–H groups in total. The number of ether oxygens (including phenoxy) is 1. The number of rotatable bonds is 8. The molecule has 1 heterocycles. The third kappa shape index (κ3) is 6.57. The van der Waals surface area contributed by atoms with Gasteiger partial charge in [-0.3, -0.25) is 14.6 Å². The Labute approximate surface area is 183 Å². The molecule has 1 aliphatic rings. The van der Waals surface area contributed by atoms with Crippen molar-refractivity contribution in [1.82, 2.24) is 5.01 Å². The summed E-state index contributed by atoms with van der Waals surface area (Å²) in [5.74, 6) is 0.656. The number of anilines is 1. The van der Waals surface area contributed by atoms with Gasteiger partial charge in [-0.25, -0.2) is 0 Å². The largest absolute Gasteiger partial charge is 0.493 e. The van der Waals surface area contributed by atoms with Gasteiger partial charge in [0, 0.05) is 17.8 Å². The molecule has 1 saturated heterocycles. The first kappa shape index (κ1) is 22.3. The van der Waals surface area contributed by atoms with E-state index in [1.165, 1.54) is 0 Å². The highest BCUT2D eigenvalue weighted by molar-refractivity contribution is 5.96. The maximum Gasteiger partial charge on any atom is 0.248 e. The highest BCUT2D eigenvalue weighted by Crippen LogP contribution is 2.20. The Bertz CT molecular complexity index is 925. The monoisotopic (exact) mass is 422 g/mol. The van der Waals surface area contributed by atoms with Crippen molar-refractivity contribution >= 4 is 23.7 Å². The zero-order chi connectivity index (χ0) is 22.2. The van der Waals surface area contributed by atoms with E-state index in [0.29, 0.717) is 23.8 Å². The van der Waals surface area contributed by atoms with Crippen LogP contribution in [-0.4, -0.2) is 42.2 Å². The minimum absolute atomic E-state index is 0.113. The number of piperidine rings is 1. The van der Waals surface area contributed by atoms with Crippen LogP contribution in [0.4, 0.5) is 5.69 Å². The van der Waals surface area contributed by atoms with E-state index in [4.69, 9.17) is 10.5 Å². The number of carbonyl (C=O) groups is 2. The van der Waals surface area contributed by atoms with Gasteiger partial charge in [-0.05, 0) is 67.1 Å². The second-order valence-corrected chi connectivity index (χ2v) is 8.13. The van der Waals surface area contributed by atoms with Crippen LogP contribution in [-0.2, 0) is 4.79 Å². The number of hydrogen-bond donors (Lipinski definition) is 2. The van der Waals surface area contributed by atoms with Crippen molar-refractivity contribution < 1.29 is 14.3 Å². The zero-order valence-corrected chi connectivity index (χ0v) is 18.1. The van der Waals surface area contributed by atoms with E-state index in [2.05, 4.69) is 24.3 Å². The molecule has 0 aromatic heterocycles. The number of amides is 2. The van der Waals surface area contributed by atoms with Crippen LogP contribution in [0.2, 0.25) is 0 Å². The molecule has 31 heavy (non-hydrogen) atoms. The van der Waals surface area contributed by atoms with Crippen LogP contribution < -0.4 is 15.8 Å². The molecule has 1 atom stereocenters. The summed E-state index contributed by atoms with van der Waals surface area (Å²) in [5.41, 5.74) is 7.22. The fourth-order valence-corrected chi connectivity index (χ4v) is 3.35. The molecule has 0 aliphatic carbocycles. The standard InChI is InChI=1S/C24H30N4O3/c1-17(2)16-31-21-7-5-6-18(14-21)15-26-28-13-4-3-8-22(28)24(30)27-20-11-9-19(10-12-20)23(25)29/h5-7,9-12,14-15,17,22H,3-4,8,13,16H2,1-2H3,(H2,25,29)(H,27,30)/b26-15+. The normalized spacial score (nSPS) is 16.5. The molecular formula is C24H30N4O3. The van der Waals surface area contributed by atoms with E-state index in [9.17, 15) is 9.59 Å². The van der Waals surface area contributed by atoms with Gasteiger partial charge in [-0.1, -0.05) is 26.0 Å². The number of carbonyl (C=O) groups excluding carboxylic acids is 2. The van der Waals surface area contributed by atoms with Crippen molar-refractivity contribution in [1.29, 1.82) is 0 Å². The second kappa shape index (κ2) is 10.6. The Balaban J connectivity index is 1.65. The maximum absolute atomic E-state index is 12.9. The molecule has 0 spiro atoms. The van der Waals surface area contributed by atoms with Gasteiger partial charge in [0.05, 0.1) is 12.8 Å². The minimum atomic E-state index is -0.496. The van der Waals surface area contributed by atoms with E-state index >= 15 is 0 Å². The fraction of sp³-hybridized carbons (Fsp3) is 0.375. The van der Waals surface area contributed by atoms with Gasteiger partial charge in [0.15, 0.2) is 0 Å². The third-order valence-electron chi connectivity index (χ3n) is 5.01. The van der Waals surface area contributed by atoms with Crippen LogP contribution in [0.1, 0.15) is 49.0 Å². The first-order valence-corrected chi connectivity index (χ1v) is 10.7. The second-order valence-electron chi connectivity index (χ2n) is 8.13. The molecule has 2 aromatic carbocycles. The molecule has 0 saturated carbocycles. The molecule has 0 radical (unpaired) electrons. The van der Waals surface area contributed by atoms with Crippen LogP contribution in [0.3, 0.4) is 0 Å². The average Bonchev–Trinajstić information content (AvgIpc) is 2.77. The number of nitrogens with one attached hydrogen (secondary N) is 1. The smallest absolute Gasteiger partial charge is 0.248 e. The molecule has 1 aliphatic heterocycles. The molecule has 3 rings (SSSR count). The van der Waals surface area contributed by atoms with Crippen molar-refractivity contribution in [2.24, 2.45) is 16.8 Å². The van der Waals surface area contributed by atoms with Crippen LogP contribution in [0.5, 0.6) is 5.75 Å². The lowest BCUT2D eigenvalue weighted by Crippen LogP contribution is -2.44. The van der Waals surface area contributed by atoms with E-state index < -0.39 is 5.91 Å². The summed E-state index contributed by atoms with van der Waals surface area (Å²) in [6.07, 6.45) is 4.48. The molecule has 2 aromatic rings. The predicted octanol–water partition coefficient (Wildman–Crippen LogP) is 3.65. The van der Waals surface area contributed by atoms with Crippen LogP contribution in [0.15, 0.2) is 53.6 Å². The van der Waals surface area contributed by atoms with Crippen LogP contribution in [0.25, 0.3) is 0 Å². The van der Waals surface area contributed by atoms with E-state index in [-0.39, 0.29) is 11.9 Å². The number of nitrogens with zero attached hydrogens (tertiary/aromatic N) is 2. The number of hydrazone groups is 1. The van der Waals surface area contributed by atoms with Crippen molar-refractivity contribution in [3.05, 3.63) is 59.7 Å². The van der Waals surface area contributed by atoms with E-state index in [1.54, 1.807) is 30.5 Å². The number of hydrogen-bond acceptors (Lipinski definition) is 5. The number of nitrogens with two attached hydrogens (primary N) is 1. The molecule has 164 valence electrons. The van der Waals surface area contributed by atoms with Gasteiger partial charge >= 0.3 is 0 Å². The van der Waals surface area contributed by atoms with E-state index in [1.807, 2.05) is 29.3 Å². The van der Waals surface area contributed by atoms with Gasteiger partial charge in [0.25, 0.3) is 0 Å². The quantitative estimate of drug-likeness (QED) is 0.635. The molecular weight excluding hydrogens is 392 g/mol. The summed E-state index contributed by atoms with van der Waals surface area (Å²) >= 11 is 0. The lowest BCUT2D eigenvalue weighted by atomic mass is 10.0. The van der Waals surface area contributed by atoms with Crippen LogP contribution in [0, 0.1) is 5.92 Å². The third-order valence-corrected chi connectivity index (χ3v) is 5.01. The SMILES string of the molecule is CC(C)COc1cccc(/C=N/N2CCCCC2C(=O)Nc2ccc(C(N)=O)cc2)c1. The van der Waals surface area contributed by atoms with Gasteiger partial charge < -0.3 is 15.8 Å². The maximum atomic E-state index is 12.9. The first-order chi connectivity index (χ1) is 14.9. The lowest BCUT2D eigenvalue weighted by Gasteiger charge is -2.32. The Morgan fingerprint density at radius 3 is 2.71 bits per heavy atom. The Morgan fingerprint density at radius 1 is 1.23 bits per heavy atom. The molecule has 1 unspecified atom stereocenters. The predicted molar refractivity (Wildman–Crippen MR) is 122 cm³/mol. The van der Waals surface area contributed by atoms with Gasteiger partial charge in [-0.15, -0.1) is 0 Å². The Morgan fingerprint density at radius 2 is 2.00 bits per heavy atom. The van der Waals surface area contributed by atoms with Crippen LogP contribution >= 0.6 is 0 Å². The Kier molecular flexibility index (Phi) is 7.65. The van der Waals surface area contributed by atoms with Gasteiger partial charge in [-0.2, -0.15) is 5.10 Å². The van der Waals surface area contributed by atoms with Crippen molar-refractivity contribution in [3.63, 3.8) is 0 Å². The Hall–Kier alpha value is -3.35. The summed E-state index contributed by atoms with van der Waals surface area (Å²) in [6, 6.07) is 14.0. The zero-order valence-electron chi connectivity index (χ0n) is 18.1. The van der Waals surface area contributed by atoms with E-state index in [0.717, 1.165) is 37.1 Å². The summed E-state index contributed by atoms with van der Waals surface area (Å²) in [5, 5.41) is 9.36. The topological polar surface area (TPSA) is 97.0 Å². The molecule has 1 fully saturated rings. The first-order valence-electron chi connectivity index (χ1n) is 10.7.